The van der Waals surface area contributed by atoms with Crippen LogP contribution in [-0.2, 0) is 0 Å². The molecule has 2 heterocycles. The normalized spacial score (nSPS) is 15.1. The van der Waals surface area contributed by atoms with Crippen LogP contribution in [0.2, 0.25) is 0 Å². The number of amides is 2. The largest absolute Gasteiger partial charge is 0.399 e. The average Bonchev–Trinajstić information content (AvgIpc) is 2.63. The second-order valence-corrected chi connectivity index (χ2v) is 5.90. The van der Waals surface area contributed by atoms with Crippen LogP contribution in [0.4, 0.5) is 5.69 Å². The van der Waals surface area contributed by atoms with Crippen LogP contribution in [0.5, 0.6) is 0 Å². The summed E-state index contributed by atoms with van der Waals surface area (Å²) in [6.07, 6.45) is 4.67. The summed E-state index contributed by atoms with van der Waals surface area (Å²) >= 11 is 0. The van der Waals surface area contributed by atoms with E-state index in [4.69, 9.17) is 5.73 Å². The van der Waals surface area contributed by atoms with E-state index in [0.717, 1.165) is 12.8 Å². The van der Waals surface area contributed by atoms with Crippen LogP contribution in [0.1, 0.15) is 33.6 Å². The van der Waals surface area contributed by atoms with Crippen LogP contribution < -0.4 is 11.1 Å². The average molecular weight is 324 g/mol. The molecule has 0 unspecified atom stereocenters. The number of carbonyl (C=O) groups excluding carboxylic acids is 2. The molecule has 0 bridgehead atoms. The number of aromatic nitrogens is 1. The predicted molar refractivity (Wildman–Crippen MR) is 91.5 cm³/mol. The van der Waals surface area contributed by atoms with Crippen molar-refractivity contribution in [3.8, 4) is 0 Å². The fourth-order valence-corrected chi connectivity index (χ4v) is 2.80. The molecule has 0 atom stereocenters. The Morgan fingerprint density at radius 1 is 1.08 bits per heavy atom. The number of nitrogens with one attached hydrogen (secondary N) is 1. The Hall–Kier alpha value is -2.89. The predicted octanol–water partition coefficient (Wildman–Crippen LogP) is 1.70. The fraction of sp³-hybridized carbons (Fsp3) is 0.278. The van der Waals surface area contributed by atoms with Gasteiger partial charge in [-0.3, -0.25) is 14.6 Å². The monoisotopic (exact) mass is 324 g/mol. The number of nitrogen functional groups attached to an aromatic ring is 1. The highest BCUT2D eigenvalue weighted by molar-refractivity contribution is 5.95. The molecule has 0 radical (unpaired) electrons. The number of benzene rings is 1. The highest BCUT2D eigenvalue weighted by atomic mass is 16.2. The van der Waals surface area contributed by atoms with Crippen LogP contribution >= 0.6 is 0 Å². The maximum Gasteiger partial charge on any atom is 0.253 e. The maximum absolute atomic E-state index is 12.5. The Labute approximate surface area is 140 Å². The zero-order chi connectivity index (χ0) is 16.9. The molecule has 0 spiro atoms. The molecular formula is C18H20N4O2. The summed E-state index contributed by atoms with van der Waals surface area (Å²) in [5.74, 6) is -0.113. The quantitative estimate of drug-likeness (QED) is 0.841. The van der Waals surface area contributed by atoms with Gasteiger partial charge >= 0.3 is 0 Å². The molecule has 6 nitrogen and oxygen atoms in total. The van der Waals surface area contributed by atoms with Gasteiger partial charge in [0.2, 0.25) is 0 Å². The third kappa shape index (κ3) is 3.71. The molecule has 124 valence electrons. The SMILES string of the molecule is Nc1ccc(C(=O)N2CCC(NC(=O)c3cccnc3)CC2)cc1. The smallest absolute Gasteiger partial charge is 0.253 e. The number of nitrogens with zero attached hydrogens (tertiary/aromatic N) is 2. The highest BCUT2D eigenvalue weighted by Gasteiger charge is 2.24. The van der Waals surface area contributed by atoms with Crippen LogP contribution in [0.15, 0.2) is 48.8 Å². The van der Waals surface area contributed by atoms with Gasteiger partial charge in [-0.2, -0.15) is 0 Å². The zero-order valence-corrected chi connectivity index (χ0v) is 13.3. The number of nitrogens with two attached hydrogens (primary N) is 1. The Kier molecular flexibility index (Phi) is 4.74. The molecule has 0 saturated carbocycles. The third-order valence-corrected chi connectivity index (χ3v) is 4.20. The minimum atomic E-state index is -0.119. The summed E-state index contributed by atoms with van der Waals surface area (Å²) in [5.41, 5.74) is 7.48. The van der Waals surface area contributed by atoms with Crippen molar-refractivity contribution >= 4 is 17.5 Å². The number of pyridine rings is 1. The molecule has 1 aliphatic rings. The second-order valence-electron chi connectivity index (χ2n) is 5.90. The zero-order valence-electron chi connectivity index (χ0n) is 13.3. The van der Waals surface area contributed by atoms with E-state index >= 15 is 0 Å². The van der Waals surface area contributed by atoms with Crippen molar-refractivity contribution in [3.63, 3.8) is 0 Å². The van der Waals surface area contributed by atoms with Crippen LogP contribution in [0.25, 0.3) is 0 Å². The fourth-order valence-electron chi connectivity index (χ4n) is 2.80. The summed E-state index contributed by atoms with van der Waals surface area (Å²) in [6, 6.07) is 10.5. The number of anilines is 1. The first kappa shape index (κ1) is 16.0. The van der Waals surface area contributed by atoms with E-state index in [2.05, 4.69) is 10.3 Å². The molecule has 1 aromatic heterocycles. The maximum atomic E-state index is 12.5. The minimum Gasteiger partial charge on any atom is -0.399 e. The van der Waals surface area contributed by atoms with E-state index < -0.39 is 0 Å². The summed E-state index contributed by atoms with van der Waals surface area (Å²) in [7, 11) is 0. The van der Waals surface area contributed by atoms with Crippen molar-refractivity contribution < 1.29 is 9.59 Å². The van der Waals surface area contributed by atoms with Crippen LogP contribution in [0, 0.1) is 0 Å². The van der Waals surface area contributed by atoms with E-state index in [1.54, 1.807) is 48.8 Å². The van der Waals surface area contributed by atoms with E-state index in [-0.39, 0.29) is 17.9 Å². The van der Waals surface area contributed by atoms with Crippen LogP contribution in [-0.4, -0.2) is 40.8 Å². The molecule has 2 aromatic rings. The van der Waals surface area contributed by atoms with Crippen molar-refractivity contribution in [2.45, 2.75) is 18.9 Å². The minimum absolute atomic E-state index is 0.00651. The number of likely N-dealkylation sites (tertiary alicyclic amines) is 1. The Morgan fingerprint density at radius 3 is 2.42 bits per heavy atom. The van der Waals surface area contributed by atoms with E-state index in [1.807, 2.05) is 4.90 Å². The number of piperidine rings is 1. The van der Waals surface area contributed by atoms with Crippen molar-refractivity contribution in [3.05, 3.63) is 59.9 Å². The van der Waals surface area contributed by atoms with Gasteiger partial charge in [0.05, 0.1) is 5.56 Å². The van der Waals surface area contributed by atoms with Crippen LogP contribution in [0.3, 0.4) is 0 Å². The van der Waals surface area contributed by atoms with E-state index in [1.165, 1.54) is 0 Å². The van der Waals surface area contributed by atoms with Gasteiger partial charge < -0.3 is 16.0 Å². The van der Waals surface area contributed by atoms with Gasteiger partial charge in [0.1, 0.15) is 0 Å². The first-order valence-electron chi connectivity index (χ1n) is 7.99. The molecule has 6 heteroatoms. The molecule has 3 rings (SSSR count). The van der Waals surface area contributed by atoms with Gasteiger partial charge in [-0.25, -0.2) is 0 Å². The van der Waals surface area contributed by atoms with E-state index in [0.29, 0.717) is 29.9 Å². The lowest BCUT2D eigenvalue weighted by Crippen LogP contribution is -2.46. The Balaban J connectivity index is 1.53. The third-order valence-electron chi connectivity index (χ3n) is 4.20. The van der Waals surface area contributed by atoms with Crippen molar-refractivity contribution in [2.24, 2.45) is 0 Å². The summed E-state index contributed by atoms with van der Waals surface area (Å²) in [5, 5.41) is 3.01. The molecule has 2 amide bonds. The molecule has 24 heavy (non-hydrogen) atoms. The van der Waals surface area contributed by atoms with Crippen molar-refractivity contribution in [1.82, 2.24) is 15.2 Å². The first-order chi connectivity index (χ1) is 11.6. The summed E-state index contributed by atoms with van der Waals surface area (Å²) in [6.45, 7) is 1.25. The lowest BCUT2D eigenvalue weighted by Gasteiger charge is -2.32. The summed E-state index contributed by atoms with van der Waals surface area (Å²) < 4.78 is 0. The van der Waals surface area contributed by atoms with Gasteiger partial charge in [-0.1, -0.05) is 0 Å². The van der Waals surface area contributed by atoms with Gasteiger partial charge in [-0.05, 0) is 49.2 Å². The van der Waals surface area contributed by atoms with Crippen molar-refractivity contribution in [1.29, 1.82) is 0 Å². The second kappa shape index (κ2) is 7.12. The molecule has 1 saturated heterocycles. The van der Waals surface area contributed by atoms with Gasteiger partial charge in [0, 0.05) is 42.8 Å². The van der Waals surface area contributed by atoms with Gasteiger partial charge in [0.15, 0.2) is 0 Å². The lowest BCUT2D eigenvalue weighted by atomic mass is 10.0. The number of hydrogen-bond acceptors (Lipinski definition) is 4. The molecule has 1 fully saturated rings. The van der Waals surface area contributed by atoms with E-state index in [9.17, 15) is 9.59 Å². The van der Waals surface area contributed by atoms with Crippen molar-refractivity contribution in [2.75, 3.05) is 18.8 Å². The number of carbonyl (C=O) groups is 2. The highest BCUT2D eigenvalue weighted by Crippen LogP contribution is 2.15. The Bertz CT molecular complexity index is 708. The standard InChI is InChI=1S/C18H20N4O2/c19-15-5-3-13(4-6-15)18(24)22-10-7-16(8-11-22)21-17(23)14-2-1-9-20-12-14/h1-6,9,12,16H,7-8,10-11,19H2,(H,21,23). The first-order valence-corrected chi connectivity index (χ1v) is 7.99. The van der Waals surface area contributed by atoms with Gasteiger partial charge in [-0.15, -0.1) is 0 Å². The molecular weight excluding hydrogens is 304 g/mol. The lowest BCUT2D eigenvalue weighted by molar-refractivity contribution is 0.0698. The molecule has 0 aliphatic carbocycles. The number of hydrogen-bond donors (Lipinski definition) is 2. The molecule has 1 aromatic carbocycles. The van der Waals surface area contributed by atoms with Gasteiger partial charge in [0.25, 0.3) is 11.8 Å². The molecule has 3 N–H and O–H groups in total. The number of rotatable bonds is 3. The molecule has 1 aliphatic heterocycles. The Morgan fingerprint density at radius 2 is 1.79 bits per heavy atom. The topological polar surface area (TPSA) is 88.3 Å². The summed E-state index contributed by atoms with van der Waals surface area (Å²) in [4.78, 5) is 30.4.